The molecular weight excluding hydrogens is 290 g/mol. The topological polar surface area (TPSA) is 54.9 Å². The standard InChI is InChI=1S/C14H15N3OS2/c1-9-3-2-4-10(7-9)8-19-14-17-16-13(20-14)15-12(18)11-5-6-11/h2-4,7,11H,5-6,8H2,1H3,(H,15,16,18). The highest BCUT2D eigenvalue weighted by atomic mass is 32.2. The lowest BCUT2D eigenvalue weighted by Crippen LogP contribution is -2.12. The van der Waals surface area contributed by atoms with Crippen molar-refractivity contribution in [2.75, 3.05) is 5.32 Å². The molecule has 1 aliphatic carbocycles. The summed E-state index contributed by atoms with van der Waals surface area (Å²) >= 11 is 3.09. The highest BCUT2D eigenvalue weighted by molar-refractivity contribution is 8.00. The molecule has 2 aromatic rings. The van der Waals surface area contributed by atoms with Crippen molar-refractivity contribution in [2.45, 2.75) is 29.9 Å². The van der Waals surface area contributed by atoms with Crippen molar-refractivity contribution < 1.29 is 4.79 Å². The van der Waals surface area contributed by atoms with Gasteiger partial charge in [-0.15, -0.1) is 10.2 Å². The second kappa shape index (κ2) is 5.93. The first-order valence-corrected chi connectivity index (χ1v) is 8.33. The van der Waals surface area contributed by atoms with Gasteiger partial charge in [0, 0.05) is 11.7 Å². The number of anilines is 1. The Kier molecular flexibility index (Phi) is 4.03. The van der Waals surface area contributed by atoms with Crippen LogP contribution < -0.4 is 5.32 Å². The number of benzene rings is 1. The van der Waals surface area contributed by atoms with E-state index in [0.29, 0.717) is 5.13 Å². The van der Waals surface area contributed by atoms with Crippen LogP contribution in [0.25, 0.3) is 0 Å². The molecule has 1 aromatic carbocycles. The molecule has 1 fully saturated rings. The van der Waals surface area contributed by atoms with Crippen molar-refractivity contribution in [3.8, 4) is 0 Å². The zero-order chi connectivity index (χ0) is 13.9. The summed E-state index contributed by atoms with van der Waals surface area (Å²) in [5.74, 6) is 1.14. The van der Waals surface area contributed by atoms with Gasteiger partial charge in [0.05, 0.1) is 0 Å². The maximum atomic E-state index is 11.6. The number of hydrogen-bond donors (Lipinski definition) is 1. The van der Waals surface area contributed by atoms with E-state index in [2.05, 4.69) is 46.7 Å². The zero-order valence-electron chi connectivity index (χ0n) is 11.1. The van der Waals surface area contributed by atoms with Crippen LogP contribution in [0.5, 0.6) is 0 Å². The van der Waals surface area contributed by atoms with Gasteiger partial charge in [-0.2, -0.15) is 0 Å². The Morgan fingerprint density at radius 1 is 1.45 bits per heavy atom. The Hall–Kier alpha value is -1.40. The van der Waals surface area contributed by atoms with Gasteiger partial charge in [-0.3, -0.25) is 4.79 Å². The fourth-order valence-electron chi connectivity index (χ4n) is 1.82. The number of nitrogens with one attached hydrogen (secondary N) is 1. The molecular formula is C14H15N3OS2. The van der Waals surface area contributed by atoms with Gasteiger partial charge < -0.3 is 5.32 Å². The first-order chi connectivity index (χ1) is 9.70. The normalized spacial score (nSPS) is 14.2. The van der Waals surface area contributed by atoms with Gasteiger partial charge in [-0.1, -0.05) is 52.9 Å². The van der Waals surface area contributed by atoms with Crippen LogP contribution in [0.4, 0.5) is 5.13 Å². The minimum atomic E-state index is 0.0800. The lowest BCUT2D eigenvalue weighted by atomic mass is 10.2. The van der Waals surface area contributed by atoms with Gasteiger partial charge in [0.2, 0.25) is 11.0 Å². The Bertz CT molecular complexity index is 622. The van der Waals surface area contributed by atoms with E-state index in [1.165, 1.54) is 22.5 Å². The number of hydrogen-bond acceptors (Lipinski definition) is 5. The van der Waals surface area contributed by atoms with Crippen molar-refractivity contribution in [1.82, 2.24) is 10.2 Å². The number of amides is 1. The molecule has 1 saturated carbocycles. The number of carbonyl (C=O) groups excluding carboxylic acids is 1. The van der Waals surface area contributed by atoms with E-state index in [-0.39, 0.29) is 11.8 Å². The molecule has 1 aromatic heterocycles. The van der Waals surface area contributed by atoms with E-state index >= 15 is 0 Å². The summed E-state index contributed by atoms with van der Waals surface area (Å²) in [6, 6.07) is 8.43. The van der Waals surface area contributed by atoms with Crippen LogP contribution in [0.1, 0.15) is 24.0 Å². The van der Waals surface area contributed by atoms with Gasteiger partial charge in [0.15, 0.2) is 4.34 Å². The number of aromatic nitrogens is 2. The third-order valence-electron chi connectivity index (χ3n) is 3.03. The number of thioether (sulfide) groups is 1. The molecule has 3 rings (SSSR count). The summed E-state index contributed by atoms with van der Waals surface area (Å²) in [7, 11) is 0. The Morgan fingerprint density at radius 2 is 2.30 bits per heavy atom. The van der Waals surface area contributed by atoms with Gasteiger partial charge in [-0.25, -0.2) is 0 Å². The third kappa shape index (κ3) is 3.58. The fourth-order valence-corrected chi connectivity index (χ4v) is 3.52. The molecule has 1 aliphatic rings. The van der Waals surface area contributed by atoms with Crippen molar-refractivity contribution in [2.24, 2.45) is 5.92 Å². The Morgan fingerprint density at radius 3 is 3.05 bits per heavy atom. The van der Waals surface area contributed by atoms with Crippen LogP contribution >= 0.6 is 23.1 Å². The van der Waals surface area contributed by atoms with Crippen molar-refractivity contribution in [1.29, 1.82) is 0 Å². The minimum absolute atomic E-state index is 0.0800. The smallest absolute Gasteiger partial charge is 0.229 e. The number of aryl methyl sites for hydroxylation is 1. The van der Waals surface area contributed by atoms with Crippen molar-refractivity contribution >= 4 is 34.1 Å². The number of rotatable bonds is 5. The first kappa shape index (κ1) is 13.6. The first-order valence-electron chi connectivity index (χ1n) is 6.53. The molecule has 0 saturated heterocycles. The average molecular weight is 305 g/mol. The van der Waals surface area contributed by atoms with Crippen LogP contribution in [-0.4, -0.2) is 16.1 Å². The highest BCUT2D eigenvalue weighted by Gasteiger charge is 2.30. The summed E-state index contributed by atoms with van der Waals surface area (Å²) in [6.45, 7) is 2.09. The van der Waals surface area contributed by atoms with Gasteiger partial charge >= 0.3 is 0 Å². The zero-order valence-corrected chi connectivity index (χ0v) is 12.8. The van der Waals surface area contributed by atoms with Gasteiger partial charge in [-0.05, 0) is 25.3 Å². The predicted octanol–water partition coefficient (Wildman–Crippen LogP) is 3.49. The van der Waals surface area contributed by atoms with Crippen LogP contribution in [-0.2, 0) is 10.5 Å². The molecule has 0 bridgehead atoms. The molecule has 0 unspecified atom stereocenters. The third-order valence-corrected chi connectivity index (χ3v) is 5.07. The molecule has 0 aliphatic heterocycles. The molecule has 1 heterocycles. The predicted molar refractivity (Wildman–Crippen MR) is 82.0 cm³/mol. The minimum Gasteiger partial charge on any atom is -0.300 e. The maximum Gasteiger partial charge on any atom is 0.229 e. The molecule has 6 heteroatoms. The van der Waals surface area contributed by atoms with E-state index in [1.54, 1.807) is 11.8 Å². The Labute approximate surface area is 126 Å². The molecule has 0 atom stereocenters. The van der Waals surface area contributed by atoms with E-state index in [1.807, 2.05) is 0 Å². The lowest BCUT2D eigenvalue weighted by molar-refractivity contribution is -0.117. The monoisotopic (exact) mass is 305 g/mol. The number of nitrogens with zero attached hydrogens (tertiary/aromatic N) is 2. The molecule has 1 N–H and O–H groups in total. The second-order valence-corrected chi connectivity index (χ2v) is 7.11. The van der Waals surface area contributed by atoms with E-state index in [4.69, 9.17) is 0 Å². The summed E-state index contributed by atoms with van der Waals surface area (Å²) in [5.41, 5.74) is 2.53. The quantitative estimate of drug-likeness (QED) is 0.678. The summed E-state index contributed by atoms with van der Waals surface area (Å²) in [4.78, 5) is 11.6. The SMILES string of the molecule is Cc1cccc(CSc2nnc(NC(=O)C3CC3)s2)c1. The molecule has 20 heavy (non-hydrogen) atoms. The largest absolute Gasteiger partial charge is 0.300 e. The van der Waals surface area contributed by atoms with Crippen molar-refractivity contribution in [3.05, 3.63) is 35.4 Å². The lowest BCUT2D eigenvalue weighted by Gasteiger charge is -1.99. The van der Waals surface area contributed by atoms with Crippen molar-refractivity contribution in [3.63, 3.8) is 0 Å². The molecule has 4 nitrogen and oxygen atoms in total. The van der Waals surface area contributed by atoms with Crippen LogP contribution in [0, 0.1) is 12.8 Å². The molecule has 0 spiro atoms. The van der Waals surface area contributed by atoms with Crippen LogP contribution in [0.3, 0.4) is 0 Å². The number of carbonyl (C=O) groups is 1. The second-order valence-electron chi connectivity index (χ2n) is 4.91. The fraction of sp³-hybridized carbons (Fsp3) is 0.357. The molecule has 1 amide bonds. The average Bonchev–Trinajstić information content (AvgIpc) is 3.19. The van der Waals surface area contributed by atoms with Gasteiger partial charge in [0.25, 0.3) is 0 Å². The van der Waals surface area contributed by atoms with E-state index in [9.17, 15) is 4.79 Å². The molecule has 104 valence electrons. The maximum absolute atomic E-state index is 11.6. The Balaban J connectivity index is 1.55. The molecule has 0 radical (unpaired) electrons. The summed E-state index contributed by atoms with van der Waals surface area (Å²) in [5, 5.41) is 11.5. The van der Waals surface area contributed by atoms with Crippen LogP contribution in [0.15, 0.2) is 28.6 Å². The summed E-state index contributed by atoms with van der Waals surface area (Å²) < 4.78 is 0.887. The van der Waals surface area contributed by atoms with E-state index < -0.39 is 0 Å². The van der Waals surface area contributed by atoms with Crippen LogP contribution in [0.2, 0.25) is 0 Å². The summed E-state index contributed by atoms with van der Waals surface area (Å²) in [6.07, 6.45) is 2.00. The van der Waals surface area contributed by atoms with Gasteiger partial charge in [0.1, 0.15) is 0 Å². The van der Waals surface area contributed by atoms with E-state index in [0.717, 1.165) is 22.9 Å². The highest BCUT2D eigenvalue weighted by Crippen LogP contribution is 2.32.